The van der Waals surface area contributed by atoms with Gasteiger partial charge in [0.05, 0.1) is 12.8 Å². The van der Waals surface area contributed by atoms with Crippen LogP contribution in [-0.2, 0) is 4.84 Å². The average Bonchev–Trinajstić information content (AvgIpc) is 2.39. The minimum absolute atomic E-state index is 0.618. The molecule has 1 aliphatic heterocycles. The molecule has 3 rings (SSSR count). The van der Waals surface area contributed by atoms with Gasteiger partial charge in [0.1, 0.15) is 11.9 Å². The van der Waals surface area contributed by atoms with Crippen molar-refractivity contribution in [2.24, 2.45) is 0 Å². The lowest BCUT2D eigenvalue weighted by atomic mass is 10.1. The Balaban J connectivity index is 2.23. The molecule has 2 aromatic rings. The van der Waals surface area contributed by atoms with Crippen molar-refractivity contribution in [1.82, 2.24) is 0 Å². The van der Waals surface area contributed by atoms with Crippen LogP contribution in [0.15, 0.2) is 48.9 Å². The van der Waals surface area contributed by atoms with E-state index in [0.717, 1.165) is 16.8 Å². The molecule has 0 fully saturated rings. The molecule has 0 spiro atoms. The number of benzene rings is 2. The van der Waals surface area contributed by atoms with Crippen molar-refractivity contribution in [2.75, 3.05) is 11.7 Å². The molecule has 0 radical (unpaired) electrons. The molecule has 0 saturated carbocycles. The minimum Gasteiger partial charge on any atom is -0.461 e. The van der Waals surface area contributed by atoms with Crippen molar-refractivity contribution in [1.29, 1.82) is 0 Å². The number of hydroxylamine groups is 1. The van der Waals surface area contributed by atoms with Crippen LogP contribution in [0.2, 0.25) is 0 Å². The van der Waals surface area contributed by atoms with Crippen molar-refractivity contribution >= 4 is 16.5 Å². The molecule has 2 aromatic carbocycles. The van der Waals surface area contributed by atoms with Gasteiger partial charge in [-0.25, -0.2) is 5.06 Å². The van der Waals surface area contributed by atoms with E-state index in [2.05, 4.69) is 18.2 Å². The molecule has 1 heterocycles. The van der Waals surface area contributed by atoms with E-state index in [0.29, 0.717) is 6.61 Å². The van der Waals surface area contributed by atoms with Crippen molar-refractivity contribution in [3.8, 4) is 5.75 Å². The first-order valence-electron chi connectivity index (χ1n) is 5.67. The number of rotatable bonds is 2. The van der Waals surface area contributed by atoms with E-state index in [-0.39, 0.29) is 0 Å². The van der Waals surface area contributed by atoms with Crippen LogP contribution >= 0.6 is 0 Å². The molecule has 17 heavy (non-hydrogen) atoms. The van der Waals surface area contributed by atoms with Crippen LogP contribution in [0, 0.1) is 0 Å². The molecule has 0 atom stereocenters. The lowest BCUT2D eigenvalue weighted by molar-refractivity contribution is 0.141. The highest BCUT2D eigenvalue weighted by Crippen LogP contribution is 2.38. The predicted molar refractivity (Wildman–Crippen MR) is 67.8 cm³/mol. The van der Waals surface area contributed by atoms with Crippen LogP contribution in [0.25, 0.3) is 10.8 Å². The van der Waals surface area contributed by atoms with Crippen molar-refractivity contribution in [3.63, 3.8) is 0 Å². The second-order valence-electron chi connectivity index (χ2n) is 3.78. The Labute approximate surface area is 99.8 Å². The Morgan fingerprint density at radius 2 is 2.06 bits per heavy atom. The summed E-state index contributed by atoms with van der Waals surface area (Å²) in [5.74, 6) is 0.819. The highest BCUT2D eigenvalue weighted by molar-refractivity contribution is 5.97. The maximum Gasteiger partial charge on any atom is 0.153 e. The number of fused-ring (bicyclic) bond motifs is 3. The molecule has 86 valence electrons. The normalized spacial score (nSPS) is 13.6. The lowest BCUT2D eigenvalue weighted by Crippen LogP contribution is -2.20. The number of ether oxygens (including phenoxy) is 1. The molecule has 3 heteroatoms. The highest BCUT2D eigenvalue weighted by atomic mass is 16.7. The molecular formula is C14H13NO2. The molecule has 0 saturated heterocycles. The Kier molecular flexibility index (Phi) is 2.46. The maximum absolute atomic E-state index is 5.58. The molecule has 0 aromatic heterocycles. The molecule has 0 bridgehead atoms. The van der Waals surface area contributed by atoms with Gasteiger partial charge in [0, 0.05) is 5.39 Å². The summed E-state index contributed by atoms with van der Waals surface area (Å²) >= 11 is 0. The van der Waals surface area contributed by atoms with Gasteiger partial charge in [-0.2, -0.15) is 0 Å². The first-order valence-corrected chi connectivity index (χ1v) is 5.67. The molecule has 1 aliphatic rings. The van der Waals surface area contributed by atoms with Crippen LogP contribution in [0.5, 0.6) is 5.75 Å². The van der Waals surface area contributed by atoms with E-state index >= 15 is 0 Å². The second kappa shape index (κ2) is 4.11. The third kappa shape index (κ3) is 1.65. The van der Waals surface area contributed by atoms with E-state index in [1.54, 1.807) is 17.5 Å². The van der Waals surface area contributed by atoms with Gasteiger partial charge >= 0.3 is 0 Å². The SMILES string of the molecule is CCON1C=COc2ccc3ccccc3c21. The van der Waals surface area contributed by atoms with Crippen LogP contribution in [0.1, 0.15) is 6.92 Å². The largest absolute Gasteiger partial charge is 0.461 e. The molecule has 0 unspecified atom stereocenters. The summed E-state index contributed by atoms with van der Waals surface area (Å²) in [6, 6.07) is 12.2. The number of anilines is 1. The second-order valence-corrected chi connectivity index (χ2v) is 3.78. The predicted octanol–water partition coefficient (Wildman–Crippen LogP) is 3.46. The van der Waals surface area contributed by atoms with Crippen LogP contribution < -0.4 is 9.80 Å². The zero-order chi connectivity index (χ0) is 11.7. The van der Waals surface area contributed by atoms with Gasteiger partial charge < -0.3 is 4.74 Å². The van der Waals surface area contributed by atoms with Crippen LogP contribution in [-0.4, -0.2) is 6.61 Å². The van der Waals surface area contributed by atoms with Gasteiger partial charge in [0.2, 0.25) is 0 Å². The fraction of sp³-hybridized carbons (Fsp3) is 0.143. The fourth-order valence-electron chi connectivity index (χ4n) is 2.04. The first kappa shape index (κ1) is 10.2. The molecular weight excluding hydrogens is 214 g/mol. The zero-order valence-corrected chi connectivity index (χ0v) is 9.59. The van der Waals surface area contributed by atoms with Gasteiger partial charge in [-0.05, 0) is 18.4 Å². The number of nitrogens with zero attached hydrogens (tertiary/aromatic N) is 1. The van der Waals surface area contributed by atoms with Gasteiger partial charge in [0.15, 0.2) is 5.75 Å². The molecule has 0 N–H and O–H groups in total. The van der Waals surface area contributed by atoms with E-state index in [9.17, 15) is 0 Å². The van der Waals surface area contributed by atoms with Crippen molar-refractivity contribution in [2.45, 2.75) is 6.92 Å². The van der Waals surface area contributed by atoms with Crippen LogP contribution in [0.3, 0.4) is 0 Å². The highest BCUT2D eigenvalue weighted by Gasteiger charge is 2.17. The van der Waals surface area contributed by atoms with Gasteiger partial charge in [-0.15, -0.1) is 0 Å². The molecule has 0 aliphatic carbocycles. The van der Waals surface area contributed by atoms with Gasteiger partial charge in [-0.1, -0.05) is 30.3 Å². The molecule has 3 nitrogen and oxygen atoms in total. The van der Waals surface area contributed by atoms with Crippen molar-refractivity contribution in [3.05, 3.63) is 48.9 Å². The summed E-state index contributed by atoms with van der Waals surface area (Å²) in [4.78, 5) is 5.58. The Hall–Kier alpha value is -2.00. The smallest absolute Gasteiger partial charge is 0.153 e. The Morgan fingerprint density at radius 3 is 2.94 bits per heavy atom. The monoisotopic (exact) mass is 227 g/mol. The maximum atomic E-state index is 5.58. The van der Waals surface area contributed by atoms with Crippen LogP contribution in [0.4, 0.5) is 5.69 Å². The third-order valence-electron chi connectivity index (χ3n) is 2.74. The average molecular weight is 227 g/mol. The number of hydrogen-bond donors (Lipinski definition) is 0. The Morgan fingerprint density at radius 1 is 1.18 bits per heavy atom. The summed E-state index contributed by atoms with van der Waals surface area (Å²) in [5.41, 5.74) is 0.965. The Bertz CT molecular complexity index is 577. The summed E-state index contributed by atoms with van der Waals surface area (Å²) in [7, 11) is 0. The minimum atomic E-state index is 0.618. The summed E-state index contributed by atoms with van der Waals surface area (Å²) in [6.45, 7) is 2.58. The number of hydrogen-bond acceptors (Lipinski definition) is 3. The molecule has 0 amide bonds. The summed E-state index contributed by atoms with van der Waals surface area (Å²) in [5, 5.41) is 4.07. The van der Waals surface area contributed by atoms with Crippen molar-refractivity contribution < 1.29 is 9.57 Å². The van der Waals surface area contributed by atoms with E-state index in [4.69, 9.17) is 9.57 Å². The van der Waals surface area contributed by atoms with E-state index in [1.807, 2.05) is 25.1 Å². The fourth-order valence-corrected chi connectivity index (χ4v) is 2.04. The topological polar surface area (TPSA) is 21.7 Å². The lowest BCUT2D eigenvalue weighted by Gasteiger charge is -2.25. The summed E-state index contributed by atoms with van der Waals surface area (Å²) in [6.07, 6.45) is 3.42. The zero-order valence-electron chi connectivity index (χ0n) is 9.59. The third-order valence-corrected chi connectivity index (χ3v) is 2.74. The van der Waals surface area contributed by atoms with Gasteiger partial charge in [-0.3, -0.25) is 4.84 Å². The quantitative estimate of drug-likeness (QED) is 0.784. The first-order chi connectivity index (χ1) is 8.40. The van der Waals surface area contributed by atoms with E-state index < -0.39 is 0 Å². The standard InChI is InChI=1S/C14H13NO2/c1-2-17-15-9-10-16-13-8-7-11-5-3-4-6-12(11)14(13)15/h3-10H,2H2,1H3. The van der Waals surface area contributed by atoms with Gasteiger partial charge in [0.25, 0.3) is 0 Å². The van der Waals surface area contributed by atoms with E-state index in [1.165, 1.54) is 5.39 Å². The summed E-state index contributed by atoms with van der Waals surface area (Å²) < 4.78 is 5.51.